The van der Waals surface area contributed by atoms with E-state index >= 15 is 0 Å². The van der Waals surface area contributed by atoms with Crippen molar-refractivity contribution in [2.24, 2.45) is 5.41 Å². The SMILES string of the molecule is CCCNC(c1cc(OC)c(OC)cc1F)C(C)(C)CC. The quantitative estimate of drug-likeness (QED) is 0.775. The fourth-order valence-corrected chi connectivity index (χ4v) is 2.39. The summed E-state index contributed by atoms with van der Waals surface area (Å²) in [5.74, 6) is 0.717. The molecule has 0 aliphatic carbocycles. The average Bonchev–Trinajstić information content (AvgIpc) is 2.48. The van der Waals surface area contributed by atoms with Crippen LogP contribution < -0.4 is 14.8 Å². The molecule has 120 valence electrons. The maximum atomic E-state index is 14.5. The van der Waals surface area contributed by atoms with Gasteiger partial charge < -0.3 is 14.8 Å². The lowest BCUT2D eigenvalue weighted by molar-refractivity contribution is 0.228. The van der Waals surface area contributed by atoms with Gasteiger partial charge in [-0.2, -0.15) is 0 Å². The first-order chi connectivity index (χ1) is 9.91. The van der Waals surface area contributed by atoms with Crippen LogP contribution in [0.3, 0.4) is 0 Å². The van der Waals surface area contributed by atoms with Crippen molar-refractivity contribution in [3.05, 3.63) is 23.5 Å². The third-order valence-electron chi connectivity index (χ3n) is 4.11. The molecule has 1 unspecified atom stereocenters. The number of benzene rings is 1. The Hall–Kier alpha value is -1.29. The third-order valence-corrected chi connectivity index (χ3v) is 4.11. The van der Waals surface area contributed by atoms with Crippen LogP contribution in [0.2, 0.25) is 0 Å². The van der Waals surface area contributed by atoms with E-state index in [1.807, 2.05) is 0 Å². The summed E-state index contributed by atoms with van der Waals surface area (Å²) >= 11 is 0. The summed E-state index contributed by atoms with van der Waals surface area (Å²) in [6.45, 7) is 9.38. The molecule has 0 amide bonds. The zero-order chi connectivity index (χ0) is 16.0. The Morgan fingerprint density at radius 2 is 1.71 bits per heavy atom. The lowest BCUT2D eigenvalue weighted by Crippen LogP contribution is -2.35. The Bertz CT molecular complexity index is 460. The summed E-state index contributed by atoms with van der Waals surface area (Å²) in [5, 5.41) is 3.47. The van der Waals surface area contributed by atoms with Crippen molar-refractivity contribution in [2.75, 3.05) is 20.8 Å². The largest absolute Gasteiger partial charge is 0.493 e. The minimum Gasteiger partial charge on any atom is -0.493 e. The zero-order valence-corrected chi connectivity index (χ0v) is 14.0. The van der Waals surface area contributed by atoms with E-state index in [-0.39, 0.29) is 17.3 Å². The van der Waals surface area contributed by atoms with E-state index in [0.717, 1.165) is 19.4 Å². The molecule has 0 saturated carbocycles. The first kappa shape index (κ1) is 17.8. The molecular formula is C17H28FNO2. The Kier molecular flexibility index (Phi) is 6.46. The number of nitrogens with one attached hydrogen (secondary N) is 1. The second kappa shape index (κ2) is 7.64. The molecule has 1 aromatic rings. The molecule has 0 aromatic heterocycles. The molecule has 0 bridgehead atoms. The second-order valence-electron chi connectivity index (χ2n) is 5.96. The van der Waals surface area contributed by atoms with Gasteiger partial charge in [0.15, 0.2) is 11.5 Å². The Labute approximate surface area is 127 Å². The first-order valence-corrected chi connectivity index (χ1v) is 7.56. The van der Waals surface area contributed by atoms with Crippen molar-refractivity contribution >= 4 is 0 Å². The van der Waals surface area contributed by atoms with E-state index in [4.69, 9.17) is 9.47 Å². The Morgan fingerprint density at radius 3 is 2.19 bits per heavy atom. The molecule has 0 spiro atoms. The minimum absolute atomic E-state index is 0.0599. The highest BCUT2D eigenvalue weighted by molar-refractivity contribution is 5.45. The smallest absolute Gasteiger partial charge is 0.163 e. The van der Waals surface area contributed by atoms with Gasteiger partial charge in [0.25, 0.3) is 0 Å². The zero-order valence-electron chi connectivity index (χ0n) is 14.0. The lowest BCUT2D eigenvalue weighted by Gasteiger charge is -2.35. The summed E-state index contributed by atoms with van der Waals surface area (Å²) in [7, 11) is 3.08. The van der Waals surface area contributed by atoms with Crippen LogP contribution in [-0.2, 0) is 0 Å². The van der Waals surface area contributed by atoms with Gasteiger partial charge in [-0.15, -0.1) is 0 Å². The van der Waals surface area contributed by atoms with Crippen LogP contribution in [0.25, 0.3) is 0 Å². The highest BCUT2D eigenvalue weighted by Gasteiger charge is 2.31. The molecule has 0 saturated heterocycles. The standard InChI is InChI=1S/C17H28FNO2/c1-7-9-19-16(17(3,4)8-2)12-10-14(20-5)15(21-6)11-13(12)18/h10-11,16,19H,7-9H2,1-6H3. The van der Waals surface area contributed by atoms with Crippen LogP contribution in [0.4, 0.5) is 4.39 Å². The van der Waals surface area contributed by atoms with Crippen molar-refractivity contribution in [2.45, 2.75) is 46.6 Å². The number of hydrogen-bond donors (Lipinski definition) is 1. The first-order valence-electron chi connectivity index (χ1n) is 7.56. The highest BCUT2D eigenvalue weighted by atomic mass is 19.1. The van der Waals surface area contributed by atoms with Crippen LogP contribution in [0.15, 0.2) is 12.1 Å². The van der Waals surface area contributed by atoms with Gasteiger partial charge in [-0.05, 0) is 30.9 Å². The van der Waals surface area contributed by atoms with Crippen molar-refractivity contribution in [1.29, 1.82) is 0 Å². The molecule has 1 rings (SSSR count). The van der Waals surface area contributed by atoms with Gasteiger partial charge in [-0.3, -0.25) is 0 Å². The van der Waals surface area contributed by atoms with Gasteiger partial charge in [0.1, 0.15) is 5.82 Å². The number of halogens is 1. The molecule has 1 aromatic carbocycles. The van der Waals surface area contributed by atoms with Crippen molar-refractivity contribution in [1.82, 2.24) is 5.32 Å². The highest BCUT2D eigenvalue weighted by Crippen LogP contribution is 2.41. The molecule has 1 N–H and O–H groups in total. The number of hydrogen-bond acceptors (Lipinski definition) is 3. The molecule has 0 radical (unpaired) electrons. The molecule has 0 aliphatic heterocycles. The predicted molar refractivity (Wildman–Crippen MR) is 84.6 cm³/mol. The van der Waals surface area contributed by atoms with Gasteiger partial charge in [-0.1, -0.05) is 27.7 Å². The summed E-state index contributed by atoms with van der Waals surface area (Å²) in [5.41, 5.74) is 0.572. The molecule has 4 heteroatoms. The summed E-state index contributed by atoms with van der Waals surface area (Å²) in [6, 6.07) is 3.08. The fraction of sp³-hybridized carbons (Fsp3) is 0.647. The van der Waals surface area contributed by atoms with E-state index < -0.39 is 0 Å². The van der Waals surface area contributed by atoms with Gasteiger partial charge in [0.2, 0.25) is 0 Å². The van der Waals surface area contributed by atoms with Gasteiger partial charge in [-0.25, -0.2) is 4.39 Å². The van der Waals surface area contributed by atoms with Crippen molar-refractivity contribution in [3.8, 4) is 11.5 Å². The molecule has 0 fully saturated rings. The normalized spacial score (nSPS) is 13.1. The third kappa shape index (κ3) is 4.10. The molecule has 0 heterocycles. The van der Waals surface area contributed by atoms with E-state index in [0.29, 0.717) is 17.1 Å². The molecule has 21 heavy (non-hydrogen) atoms. The summed E-state index contributed by atoms with van der Waals surface area (Å²) < 4.78 is 25.0. The van der Waals surface area contributed by atoms with E-state index in [1.54, 1.807) is 13.2 Å². The average molecular weight is 297 g/mol. The maximum absolute atomic E-state index is 14.5. The van der Waals surface area contributed by atoms with Crippen LogP contribution in [0.5, 0.6) is 11.5 Å². The van der Waals surface area contributed by atoms with Crippen molar-refractivity contribution < 1.29 is 13.9 Å². The number of methoxy groups -OCH3 is 2. The van der Waals surface area contributed by atoms with Crippen LogP contribution in [-0.4, -0.2) is 20.8 Å². The molecular weight excluding hydrogens is 269 g/mol. The van der Waals surface area contributed by atoms with Crippen LogP contribution in [0, 0.1) is 11.2 Å². The van der Waals surface area contributed by atoms with Gasteiger partial charge in [0, 0.05) is 17.7 Å². The molecule has 0 aliphatic rings. The monoisotopic (exact) mass is 297 g/mol. The summed E-state index contributed by atoms with van der Waals surface area (Å²) in [4.78, 5) is 0. The predicted octanol–water partition coefficient (Wildman–Crippen LogP) is 4.32. The van der Waals surface area contributed by atoms with Crippen molar-refractivity contribution in [3.63, 3.8) is 0 Å². The maximum Gasteiger partial charge on any atom is 0.163 e. The van der Waals surface area contributed by atoms with E-state index in [1.165, 1.54) is 13.2 Å². The van der Waals surface area contributed by atoms with Crippen LogP contribution >= 0.6 is 0 Å². The molecule has 3 nitrogen and oxygen atoms in total. The topological polar surface area (TPSA) is 30.5 Å². The Morgan fingerprint density at radius 1 is 1.14 bits per heavy atom. The number of rotatable bonds is 8. The minimum atomic E-state index is -0.261. The van der Waals surface area contributed by atoms with Gasteiger partial charge >= 0.3 is 0 Å². The fourth-order valence-electron chi connectivity index (χ4n) is 2.39. The second-order valence-corrected chi connectivity index (χ2v) is 5.96. The van der Waals surface area contributed by atoms with Crippen LogP contribution in [0.1, 0.15) is 52.1 Å². The van der Waals surface area contributed by atoms with Gasteiger partial charge in [0.05, 0.1) is 14.2 Å². The lowest BCUT2D eigenvalue weighted by atomic mass is 9.78. The molecule has 1 atom stereocenters. The Balaban J connectivity index is 3.29. The van der Waals surface area contributed by atoms with E-state index in [9.17, 15) is 4.39 Å². The van der Waals surface area contributed by atoms with E-state index in [2.05, 4.69) is 33.0 Å². The summed E-state index contributed by atoms with van der Waals surface area (Å²) in [6.07, 6.45) is 1.95. The number of ether oxygens (including phenoxy) is 2.